The normalized spacial score (nSPS) is 12.8. The lowest BCUT2D eigenvalue weighted by Crippen LogP contribution is -2.31. The van der Waals surface area contributed by atoms with E-state index >= 15 is 0 Å². The van der Waals surface area contributed by atoms with Crippen molar-refractivity contribution in [2.24, 2.45) is 0 Å². The van der Waals surface area contributed by atoms with Crippen LogP contribution in [-0.4, -0.2) is 24.5 Å². The first-order valence-electron chi connectivity index (χ1n) is 5.93. The molecule has 1 heterocycles. The summed E-state index contributed by atoms with van der Waals surface area (Å²) in [5.41, 5.74) is -2.60. The standard InChI is InChI=1S/C11H16ClF3N2O2Si/c1-20(2,3)5-4-19-7-17-10(18)8(11(13,14)15)6-9(12)16-17/h6H,4-5,7H2,1-3H3. The zero-order valence-electron chi connectivity index (χ0n) is 11.4. The Bertz CT molecular complexity index is 526. The lowest BCUT2D eigenvalue weighted by molar-refractivity contribution is -0.139. The van der Waals surface area contributed by atoms with Gasteiger partial charge in [-0.2, -0.15) is 18.3 Å². The van der Waals surface area contributed by atoms with E-state index in [1.165, 1.54) is 0 Å². The van der Waals surface area contributed by atoms with Crippen molar-refractivity contribution in [1.82, 2.24) is 9.78 Å². The van der Waals surface area contributed by atoms with Gasteiger partial charge in [0, 0.05) is 14.7 Å². The van der Waals surface area contributed by atoms with E-state index < -0.39 is 30.5 Å². The van der Waals surface area contributed by atoms with Crippen LogP contribution in [0.2, 0.25) is 30.8 Å². The van der Waals surface area contributed by atoms with Crippen LogP contribution in [0.25, 0.3) is 0 Å². The summed E-state index contributed by atoms with van der Waals surface area (Å²) in [6.07, 6.45) is -4.76. The van der Waals surface area contributed by atoms with Crippen LogP contribution in [0.5, 0.6) is 0 Å². The summed E-state index contributed by atoms with van der Waals surface area (Å²) < 4.78 is 43.7. The van der Waals surface area contributed by atoms with E-state index in [0.29, 0.717) is 17.4 Å². The maximum absolute atomic E-state index is 12.6. The van der Waals surface area contributed by atoms with Gasteiger partial charge in [-0.3, -0.25) is 4.79 Å². The van der Waals surface area contributed by atoms with Gasteiger partial charge in [0.15, 0.2) is 5.15 Å². The SMILES string of the molecule is C[Si](C)(C)CCOCn1nc(Cl)cc(C(F)(F)F)c1=O. The van der Waals surface area contributed by atoms with Gasteiger partial charge in [0.05, 0.1) is 0 Å². The van der Waals surface area contributed by atoms with E-state index in [4.69, 9.17) is 16.3 Å². The van der Waals surface area contributed by atoms with E-state index in [1.54, 1.807) is 0 Å². The van der Waals surface area contributed by atoms with Crippen LogP contribution in [0.4, 0.5) is 13.2 Å². The Balaban J connectivity index is 2.82. The second-order valence-electron chi connectivity index (χ2n) is 5.53. The Hall–Kier alpha value is -0.863. The van der Waals surface area contributed by atoms with Gasteiger partial charge < -0.3 is 4.74 Å². The highest BCUT2D eigenvalue weighted by molar-refractivity contribution is 6.76. The van der Waals surface area contributed by atoms with E-state index in [2.05, 4.69) is 24.7 Å². The predicted molar refractivity (Wildman–Crippen MR) is 72.6 cm³/mol. The Morgan fingerprint density at radius 2 is 2.00 bits per heavy atom. The molecule has 0 aromatic carbocycles. The molecule has 114 valence electrons. The molecule has 0 fully saturated rings. The first kappa shape index (κ1) is 17.2. The Morgan fingerprint density at radius 1 is 1.40 bits per heavy atom. The maximum atomic E-state index is 12.6. The topological polar surface area (TPSA) is 44.1 Å². The average molecular weight is 329 g/mol. The van der Waals surface area contributed by atoms with Crippen molar-refractivity contribution in [3.05, 3.63) is 27.1 Å². The second-order valence-corrected chi connectivity index (χ2v) is 11.5. The summed E-state index contributed by atoms with van der Waals surface area (Å²) in [5.74, 6) is 0. The third-order valence-corrected chi connectivity index (χ3v) is 4.35. The molecule has 0 unspecified atom stereocenters. The highest BCUT2D eigenvalue weighted by Gasteiger charge is 2.35. The number of ether oxygens (including phenoxy) is 1. The summed E-state index contributed by atoms with van der Waals surface area (Å²) in [6.45, 7) is 6.45. The minimum Gasteiger partial charge on any atom is -0.359 e. The summed E-state index contributed by atoms with van der Waals surface area (Å²) in [7, 11) is -1.30. The molecule has 0 saturated carbocycles. The molecule has 0 bridgehead atoms. The quantitative estimate of drug-likeness (QED) is 0.615. The van der Waals surface area contributed by atoms with Crippen molar-refractivity contribution in [2.45, 2.75) is 38.6 Å². The predicted octanol–water partition coefficient (Wildman–Crippen LogP) is 3.23. The van der Waals surface area contributed by atoms with Crippen LogP contribution in [0.3, 0.4) is 0 Å². The van der Waals surface area contributed by atoms with Gasteiger partial charge in [-0.25, -0.2) is 4.68 Å². The van der Waals surface area contributed by atoms with Crippen LogP contribution in [-0.2, 0) is 17.6 Å². The Morgan fingerprint density at radius 3 is 2.50 bits per heavy atom. The monoisotopic (exact) mass is 328 g/mol. The molecule has 0 saturated heterocycles. The summed E-state index contributed by atoms with van der Waals surface area (Å²) in [4.78, 5) is 11.6. The molecule has 0 spiro atoms. The molecular formula is C11H16ClF3N2O2Si. The maximum Gasteiger partial charge on any atom is 0.421 e. The minimum atomic E-state index is -4.76. The number of hydrogen-bond acceptors (Lipinski definition) is 3. The van der Waals surface area contributed by atoms with E-state index in [0.717, 1.165) is 6.04 Å². The van der Waals surface area contributed by atoms with Crippen molar-refractivity contribution < 1.29 is 17.9 Å². The van der Waals surface area contributed by atoms with Crippen molar-refractivity contribution in [1.29, 1.82) is 0 Å². The molecule has 1 rings (SSSR count). The third-order valence-electron chi connectivity index (χ3n) is 2.46. The molecule has 0 N–H and O–H groups in total. The number of alkyl halides is 3. The summed E-state index contributed by atoms with van der Waals surface area (Å²) >= 11 is 5.49. The van der Waals surface area contributed by atoms with Crippen LogP contribution in [0, 0.1) is 0 Å². The molecule has 1 aromatic rings. The smallest absolute Gasteiger partial charge is 0.359 e. The average Bonchev–Trinajstić information content (AvgIpc) is 2.25. The minimum absolute atomic E-state index is 0.340. The molecule has 4 nitrogen and oxygen atoms in total. The summed E-state index contributed by atoms with van der Waals surface area (Å²) in [6, 6.07) is 1.36. The number of hydrogen-bond donors (Lipinski definition) is 0. The molecular weight excluding hydrogens is 313 g/mol. The fraction of sp³-hybridized carbons (Fsp3) is 0.636. The second kappa shape index (κ2) is 6.27. The van der Waals surface area contributed by atoms with Gasteiger partial charge in [0.1, 0.15) is 12.3 Å². The lowest BCUT2D eigenvalue weighted by Gasteiger charge is -2.16. The molecule has 0 radical (unpaired) electrons. The molecule has 9 heteroatoms. The van der Waals surface area contributed by atoms with Gasteiger partial charge in [0.25, 0.3) is 5.56 Å². The first-order valence-corrected chi connectivity index (χ1v) is 10.0. The number of rotatable bonds is 5. The Labute approximate surface area is 120 Å². The van der Waals surface area contributed by atoms with Gasteiger partial charge in [0.2, 0.25) is 0 Å². The largest absolute Gasteiger partial charge is 0.421 e. The fourth-order valence-corrected chi connectivity index (χ4v) is 2.29. The molecule has 0 amide bonds. The van der Waals surface area contributed by atoms with Gasteiger partial charge >= 0.3 is 6.18 Å². The van der Waals surface area contributed by atoms with E-state index in [-0.39, 0.29) is 6.73 Å². The Kier molecular flexibility index (Phi) is 5.39. The van der Waals surface area contributed by atoms with Crippen molar-refractivity contribution in [3.63, 3.8) is 0 Å². The molecule has 0 aliphatic carbocycles. The molecule has 0 aliphatic rings. The summed E-state index contributed by atoms with van der Waals surface area (Å²) in [5, 5.41) is 3.14. The molecule has 20 heavy (non-hydrogen) atoms. The van der Waals surface area contributed by atoms with Crippen LogP contribution in [0.1, 0.15) is 5.56 Å². The third kappa shape index (κ3) is 5.26. The van der Waals surface area contributed by atoms with Crippen molar-refractivity contribution in [2.75, 3.05) is 6.61 Å². The van der Waals surface area contributed by atoms with Gasteiger partial charge in [-0.05, 0) is 12.1 Å². The molecule has 0 aliphatic heterocycles. The lowest BCUT2D eigenvalue weighted by atomic mass is 10.3. The molecule has 0 atom stereocenters. The van der Waals surface area contributed by atoms with Crippen LogP contribution >= 0.6 is 11.6 Å². The van der Waals surface area contributed by atoms with E-state index in [9.17, 15) is 18.0 Å². The highest BCUT2D eigenvalue weighted by Crippen LogP contribution is 2.27. The number of halogens is 4. The highest BCUT2D eigenvalue weighted by atomic mass is 35.5. The van der Waals surface area contributed by atoms with Crippen molar-refractivity contribution >= 4 is 19.7 Å². The zero-order valence-corrected chi connectivity index (χ0v) is 13.2. The fourth-order valence-electron chi connectivity index (χ4n) is 1.33. The number of aromatic nitrogens is 2. The van der Waals surface area contributed by atoms with Crippen LogP contribution < -0.4 is 5.56 Å². The van der Waals surface area contributed by atoms with Gasteiger partial charge in [-0.15, -0.1) is 0 Å². The van der Waals surface area contributed by atoms with Crippen molar-refractivity contribution in [3.8, 4) is 0 Å². The zero-order chi connectivity index (χ0) is 15.6. The van der Waals surface area contributed by atoms with Crippen LogP contribution in [0.15, 0.2) is 10.9 Å². The van der Waals surface area contributed by atoms with Gasteiger partial charge in [-0.1, -0.05) is 31.2 Å². The molecule has 1 aromatic heterocycles. The number of nitrogens with zero attached hydrogens (tertiary/aromatic N) is 2. The van der Waals surface area contributed by atoms with E-state index in [1.807, 2.05) is 0 Å². The first-order chi connectivity index (χ1) is 9.00.